The summed E-state index contributed by atoms with van der Waals surface area (Å²) >= 11 is 12.3. The first-order valence-electron chi connectivity index (χ1n) is 13.0. The SMILES string of the molecule is CC1=C(C(=O)OCc2ccccc2)C(c2ccc(-c3ccc(Cl)c(Cl)c3)o2)C(C(=O)OCc2ccccc2)=C(C)N1. The molecule has 0 spiro atoms. The molecule has 41 heavy (non-hydrogen) atoms. The molecule has 0 amide bonds. The third kappa shape index (κ3) is 6.40. The summed E-state index contributed by atoms with van der Waals surface area (Å²) in [4.78, 5) is 27.2. The second-order valence-corrected chi connectivity index (χ2v) is 10.4. The van der Waals surface area contributed by atoms with Crippen LogP contribution in [0.15, 0.2) is 118 Å². The molecule has 6 nitrogen and oxygen atoms in total. The molecular formula is C33H27Cl2NO5. The zero-order chi connectivity index (χ0) is 28.9. The van der Waals surface area contributed by atoms with E-state index < -0.39 is 17.9 Å². The molecule has 0 radical (unpaired) electrons. The molecule has 0 saturated carbocycles. The van der Waals surface area contributed by atoms with Gasteiger partial charge in [0.05, 0.1) is 27.1 Å². The summed E-state index contributed by atoms with van der Waals surface area (Å²) in [5.41, 5.74) is 4.00. The number of carbonyl (C=O) groups excluding carboxylic acids is 2. The normalized spacial score (nSPS) is 13.7. The van der Waals surface area contributed by atoms with Gasteiger partial charge in [-0.05, 0) is 55.3 Å². The number of hydrogen-bond acceptors (Lipinski definition) is 6. The van der Waals surface area contributed by atoms with Crippen LogP contribution in [-0.2, 0) is 32.3 Å². The van der Waals surface area contributed by atoms with Crippen molar-refractivity contribution >= 4 is 35.1 Å². The number of carbonyl (C=O) groups is 2. The van der Waals surface area contributed by atoms with E-state index in [-0.39, 0.29) is 24.4 Å². The number of rotatable bonds is 8. The van der Waals surface area contributed by atoms with Gasteiger partial charge in [-0.1, -0.05) is 83.9 Å². The first-order valence-corrected chi connectivity index (χ1v) is 13.7. The zero-order valence-corrected chi connectivity index (χ0v) is 24.0. The number of dihydropyridines is 1. The van der Waals surface area contributed by atoms with E-state index >= 15 is 0 Å². The first kappa shape index (κ1) is 28.3. The van der Waals surface area contributed by atoms with E-state index in [1.807, 2.05) is 60.7 Å². The minimum absolute atomic E-state index is 0.0757. The summed E-state index contributed by atoms with van der Waals surface area (Å²) in [6.07, 6.45) is 0. The van der Waals surface area contributed by atoms with Gasteiger partial charge in [0.15, 0.2) is 0 Å². The van der Waals surface area contributed by atoms with Gasteiger partial charge < -0.3 is 19.2 Å². The Morgan fingerprint density at radius 2 is 1.27 bits per heavy atom. The number of halogens is 2. The predicted molar refractivity (Wildman–Crippen MR) is 158 cm³/mol. The predicted octanol–water partition coefficient (Wildman–Crippen LogP) is 7.98. The van der Waals surface area contributed by atoms with E-state index in [0.29, 0.717) is 38.5 Å². The number of nitrogens with one attached hydrogen (secondary N) is 1. The highest BCUT2D eigenvalue weighted by Gasteiger charge is 2.40. The van der Waals surface area contributed by atoms with E-state index in [1.165, 1.54) is 0 Å². The number of benzene rings is 3. The standard InChI is InChI=1S/C33H27Cl2NO5/c1-20-29(32(37)39-18-22-9-5-3-6-10-22)31(28-16-15-27(41-28)24-13-14-25(34)26(35)17-24)30(21(2)36-20)33(38)40-19-23-11-7-4-8-12-23/h3-17,31,36H,18-19H2,1-2H3. The van der Waals surface area contributed by atoms with Crippen molar-refractivity contribution in [2.75, 3.05) is 0 Å². The van der Waals surface area contributed by atoms with E-state index in [0.717, 1.165) is 11.1 Å². The van der Waals surface area contributed by atoms with Crippen LogP contribution in [-0.4, -0.2) is 11.9 Å². The lowest BCUT2D eigenvalue weighted by molar-refractivity contribution is -0.141. The molecule has 1 aliphatic rings. The molecule has 0 unspecified atom stereocenters. The summed E-state index contributed by atoms with van der Waals surface area (Å²) in [6.45, 7) is 3.69. The van der Waals surface area contributed by atoms with Crippen LogP contribution in [0, 0.1) is 0 Å². The van der Waals surface area contributed by atoms with Crippen molar-refractivity contribution in [2.45, 2.75) is 33.0 Å². The van der Waals surface area contributed by atoms with Gasteiger partial charge in [0.1, 0.15) is 24.7 Å². The van der Waals surface area contributed by atoms with Crippen LogP contribution in [0.2, 0.25) is 10.0 Å². The molecule has 1 aliphatic heterocycles. The minimum atomic E-state index is -0.876. The number of allylic oxidation sites excluding steroid dienone is 2. The topological polar surface area (TPSA) is 77.8 Å². The van der Waals surface area contributed by atoms with Gasteiger partial charge in [-0.3, -0.25) is 0 Å². The minimum Gasteiger partial charge on any atom is -0.460 e. The average molecular weight is 588 g/mol. The maximum Gasteiger partial charge on any atom is 0.337 e. The first-order chi connectivity index (χ1) is 19.8. The quantitative estimate of drug-likeness (QED) is 0.210. The third-order valence-corrected chi connectivity index (χ3v) is 7.48. The van der Waals surface area contributed by atoms with Crippen molar-refractivity contribution < 1.29 is 23.5 Å². The number of esters is 2. The second kappa shape index (κ2) is 12.5. The Labute approximate surface area is 248 Å². The lowest BCUT2D eigenvalue weighted by Crippen LogP contribution is -2.32. The Kier molecular flexibility index (Phi) is 8.62. The van der Waals surface area contributed by atoms with Crippen LogP contribution in [0.5, 0.6) is 0 Å². The molecule has 0 atom stereocenters. The van der Waals surface area contributed by atoms with Crippen molar-refractivity contribution in [3.63, 3.8) is 0 Å². The molecular weight excluding hydrogens is 561 g/mol. The van der Waals surface area contributed by atoms with Crippen LogP contribution in [0.25, 0.3) is 11.3 Å². The molecule has 2 heterocycles. The lowest BCUT2D eigenvalue weighted by atomic mass is 9.83. The Morgan fingerprint density at radius 1 is 0.732 bits per heavy atom. The van der Waals surface area contributed by atoms with Gasteiger partial charge in [0.2, 0.25) is 0 Å². The van der Waals surface area contributed by atoms with Crippen molar-refractivity contribution in [3.05, 3.63) is 140 Å². The van der Waals surface area contributed by atoms with E-state index in [4.69, 9.17) is 37.1 Å². The smallest absolute Gasteiger partial charge is 0.337 e. The largest absolute Gasteiger partial charge is 0.460 e. The van der Waals surface area contributed by atoms with Gasteiger partial charge >= 0.3 is 11.9 Å². The average Bonchev–Trinajstić information content (AvgIpc) is 3.47. The van der Waals surface area contributed by atoms with Crippen molar-refractivity contribution in [2.24, 2.45) is 0 Å². The molecule has 5 rings (SSSR count). The second-order valence-electron chi connectivity index (χ2n) is 9.59. The fourth-order valence-electron chi connectivity index (χ4n) is 4.73. The maximum atomic E-state index is 13.6. The van der Waals surface area contributed by atoms with Crippen LogP contribution in [0.1, 0.15) is 36.7 Å². The Balaban J connectivity index is 1.50. The highest BCUT2D eigenvalue weighted by atomic mass is 35.5. The highest BCUT2D eigenvalue weighted by Crippen LogP contribution is 2.41. The fraction of sp³-hybridized carbons (Fsp3) is 0.152. The zero-order valence-electron chi connectivity index (χ0n) is 22.4. The van der Waals surface area contributed by atoms with Crippen LogP contribution in [0.3, 0.4) is 0 Å². The van der Waals surface area contributed by atoms with Gasteiger partial charge in [0, 0.05) is 17.0 Å². The maximum absolute atomic E-state index is 13.6. The molecule has 0 fully saturated rings. The molecule has 0 saturated heterocycles. The molecule has 0 aliphatic carbocycles. The third-order valence-electron chi connectivity index (χ3n) is 6.74. The van der Waals surface area contributed by atoms with E-state index in [1.54, 1.807) is 44.2 Å². The summed E-state index contributed by atoms with van der Waals surface area (Å²) in [5.74, 6) is -1.14. The molecule has 208 valence electrons. The van der Waals surface area contributed by atoms with Crippen molar-refractivity contribution in [3.8, 4) is 11.3 Å². The van der Waals surface area contributed by atoms with Gasteiger partial charge in [0.25, 0.3) is 0 Å². The van der Waals surface area contributed by atoms with E-state index in [2.05, 4.69) is 5.32 Å². The van der Waals surface area contributed by atoms with Gasteiger partial charge in [-0.25, -0.2) is 9.59 Å². The Bertz CT molecular complexity index is 1560. The fourth-order valence-corrected chi connectivity index (χ4v) is 5.03. The summed E-state index contributed by atoms with van der Waals surface area (Å²) in [7, 11) is 0. The summed E-state index contributed by atoms with van der Waals surface area (Å²) in [6, 6.07) is 27.4. The van der Waals surface area contributed by atoms with Crippen molar-refractivity contribution in [1.82, 2.24) is 5.32 Å². The molecule has 8 heteroatoms. The Morgan fingerprint density at radius 3 is 1.78 bits per heavy atom. The van der Waals surface area contributed by atoms with Crippen LogP contribution >= 0.6 is 23.2 Å². The monoisotopic (exact) mass is 587 g/mol. The number of furan rings is 1. The molecule has 1 N–H and O–H groups in total. The van der Waals surface area contributed by atoms with Crippen LogP contribution < -0.4 is 5.32 Å². The van der Waals surface area contributed by atoms with Gasteiger partial charge in [-0.2, -0.15) is 0 Å². The lowest BCUT2D eigenvalue weighted by Gasteiger charge is -2.29. The van der Waals surface area contributed by atoms with Gasteiger partial charge in [-0.15, -0.1) is 0 Å². The molecule has 3 aromatic carbocycles. The summed E-state index contributed by atoms with van der Waals surface area (Å²) < 4.78 is 17.7. The Hall–Kier alpha value is -4.26. The number of hydrogen-bond donors (Lipinski definition) is 1. The van der Waals surface area contributed by atoms with Crippen molar-refractivity contribution in [1.29, 1.82) is 0 Å². The molecule has 4 aromatic rings. The summed E-state index contributed by atoms with van der Waals surface area (Å²) in [5, 5.41) is 3.97. The number of ether oxygens (including phenoxy) is 2. The van der Waals surface area contributed by atoms with E-state index in [9.17, 15) is 9.59 Å². The molecule has 0 bridgehead atoms. The highest BCUT2D eigenvalue weighted by molar-refractivity contribution is 6.42. The van der Waals surface area contributed by atoms with Crippen LogP contribution in [0.4, 0.5) is 0 Å². The molecule has 1 aromatic heterocycles.